The third kappa shape index (κ3) is 6.92. The Morgan fingerprint density at radius 3 is 1.50 bits per heavy atom. The summed E-state index contributed by atoms with van der Waals surface area (Å²) in [5, 5.41) is 11.7. The molecular formula is C10H20N4O2. The molecule has 0 rings (SSSR count). The van der Waals surface area contributed by atoms with Crippen molar-refractivity contribution < 1.29 is 9.59 Å². The molecule has 2 atom stereocenters. The van der Waals surface area contributed by atoms with Gasteiger partial charge in [-0.2, -0.15) is 0 Å². The minimum absolute atomic E-state index is 0.0316. The fourth-order valence-electron chi connectivity index (χ4n) is 0.774. The van der Waals surface area contributed by atoms with Gasteiger partial charge < -0.3 is 10.6 Å². The summed E-state index contributed by atoms with van der Waals surface area (Å²) in [6, 6.07) is -1.12. The maximum atomic E-state index is 11.1. The zero-order valence-electron chi connectivity index (χ0n) is 10.3. The van der Waals surface area contributed by atoms with Gasteiger partial charge >= 0.3 is 12.1 Å². The predicted molar refractivity (Wildman–Crippen MR) is 61.4 cm³/mol. The molecule has 0 bridgehead atoms. The molecule has 6 heteroatoms. The van der Waals surface area contributed by atoms with Crippen LogP contribution in [0.2, 0.25) is 0 Å². The molecule has 0 saturated carbocycles. The normalized spacial score (nSPS) is 14.5. The highest BCUT2D eigenvalue weighted by Crippen LogP contribution is 1.92. The molecule has 0 fully saturated rings. The van der Waals surface area contributed by atoms with E-state index < -0.39 is 12.1 Å². The first-order chi connectivity index (χ1) is 7.49. The first-order valence-corrected chi connectivity index (χ1v) is 5.52. The van der Waals surface area contributed by atoms with Crippen molar-refractivity contribution in [3.63, 3.8) is 0 Å². The lowest BCUT2D eigenvalue weighted by molar-refractivity contribution is 0.237. The maximum absolute atomic E-state index is 11.1. The lowest BCUT2D eigenvalue weighted by atomic mass is 10.3. The predicted octanol–water partition coefficient (Wildman–Crippen LogP) is 2.45. The Hall–Kier alpha value is -1.46. The van der Waals surface area contributed by atoms with Crippen molar-refractivity contribution in [3.8, 4) is 0 Å². The van der Waals surface area contributed by atoms with E-state index in [1.165, 1.54) is 0 Å². The molecule has 92 valence electrons. The van der Waals surface area contributed by atoms with Crippen LogP contribution in [0.1, 0.15) is 40.5 Å². The van der Waals surface area contributed by atoms with E-state index in [1.54, 1.807) is 0 Å². The number of rotatable bonds is 4. The number of hydrogen-bond donors (Lipinski definition) is 2. The van der Waals surface area contributed by atoms with Crippen LogP contribution in [0, 0.1) is 0 Å². The molecule has 0 aliphatic carbocycles. The van der Waals surface area contributed by atoms with Gasteiger partial charge in [0.25, 0.3) is 0 Å². The van der Waals surface area contributed by atoms with E-state index in [9.17, 15) is 9.59 Å². The highest BCUT2D eigenvalue weighted by atomic mass is 16.2. The number of nitrogens with zero attached hydrogens (tertiary/aromatic N) is 2. The molecule has 0 heterocycles. The van der Waals surface area contributed by atoms with Gasteiger partial charge in [-0.1, -0.05) is 24.1 Å². The molecule has 0 saturated heterocycles. The van der Waals surface area contributed by atoms with Crippen LogP contribution in [0.4, 0.5) is 9.59 Å². The van der Waals surface area contributed by atoms with Gasteiger partial charge in [0.05, 0.1) is 0 Å². The standard InChI is InChI=1S/C10H20N4O2/c1-5-7(3)11-9(15)13-14-10(16)12-8(4)6-2/h7-8H,5-6H2,1-4H3,(H,11,15)(H,12,16)/b14-13+. The Balaban J connectivity index is 3.98. The Morgan fingerprint density at radius 2 is 1.25 bits per heavy atom. The number of hydrogen-bond acceptors (Lipinski definition) is 2. The summed E-state index contributed by atoms with van der Waals surface area (Å²) in [5.74, 6) is 0. The van der Waals surface area contributed by atoms with Crippen LogP contribution < -0.4 is 10.6 Å². The Kier molecular flexibility index (Phi) is 7.07. The van der Waals surface area contributed by atoms with Gasteiger partial charge in [0.1, 0.15) is 0 Å². The molecule has 2 N–H and O–H groups in total. The monoisotopic (exact) mass is 228 g/mol. The molecule has 0 aromatic rings. The second kappa shape index (κ2) is 7.78. The number of nitrogens with one attached hydrogen (secondary N) is 2. The van der Waals surface area contributed by atoms with Gasteiger partial charge in [0.15, 0.2) is 0 Å². The van der Waals surface area contributed by atoms with E-state index in [4.69, 9.17) is 0 Å². The number of urea groups is 2. The first-order valence-electron chi connectivity index (χ1n) is 5.52. The molecule has 0 spiro atoms. The Labute approximate surface area is 95.9 Å². The van der Waals surface area contributed by atoms with Crippen molar-refractivity contribution in [2.75, 3.05) is 0 Å². The van der Waals surface area contributed by atoms with Crippen LogP contribution in [0.25, 0.3) is 0 Å². The summed E-state index contributed by atoms with van der Waals surface area (Å²) in [6.07, 6.45) is 1.61. The zero-order chi connectivity index (χ0) is 12.6. The van der Waals surface area contributed by atoms with Crippen molar-refractivity contribution in [1.82, 2.24) is 10.6 Å². The fourth-order valence-corrected chi connectivity index (χ4v) is 0.774. The molecule has 0 aliphatic rings. The first kappa shape index (κ1) is 14.5. The van der Waals surface area contributed by atoms with Crippen LogP contribution in [0.5, 0.6) is 0 Å². The van der Waals surface area contributed by atoms with Crippen LogP contribution in [-0.4, -0.2) is 24.1 Å². The molecule has 16 heavy (non-hydrogen) atoms. The second-order valence-electron chi connectivity index (χ2n) is 3.72. The molecule has 0 aromatic heterocycles. The lowest BCUT2D eigenvalue weighted by Gasteiger charge is -2.08. The van der Waals surface area contributed by atoms with Gasteiger partial charge in [-0.15, -0.1) is 0 Å². The highest BCUT2D eigenvalue weighted by Gasteiger charge is 2.06. The summed E-state index contributed by atoms with van der Waals surface area (Å²) in [4.78, 5) is 22.2. The molecule has 6 nitrogen and oxygen atoms in total. The topological polar surface area (TPSA) is 82.9 Å². The van der Waals surface area contributed by atoms with Crippen LogP contribution in [0.3, 0.4) is 0 Å². The number of amides is 4. The van der Waals surface area contributed by atoms with Gasteiger partial charge in [-0.25, -0.2) is 9.59 Å². The third-order valence-corrected chi connectivity index (χ3v) is 2.20. The minimum atomic E-state index is -0.589. The summed E-state index contributed by atoms with van der Waals surface area (Å²) in [7, 11) is 0. The molecule has 4 amide bonds. The molecule has 0 aliphatic heterocycles. The van der Waals surface area contributed by atoms with E-state index in [0.717, 1.165) is 12.8 Å². The van der Waals surface area contributed by atoms with Crippen molar-refractivity contribution in [1.29, 1.82) is 0 Å². The zero-order valence-corrected chi connectivity index (χ0v) is 10.3. The summed E-state index contributed by atoms with van der Waals surface area (Å²) >= 11 is 0. The summed E-state index contributed by atoms with van der Waals surface area (Å²) in [6.45, 7) is 7.59. The van der Waals surface area contributed by atoms with Gasteiger partial charge in [0, 0.05) is 12.1 Å². The number of carbonyl (C=O) groups is 2. The third-order valence-electron chi connectivity index (χ3n) is 2.20. The van der Waals surface area contributed by atoms with E-state index >= 15 is 0 Å². The quantitative estimate of drug-likeness (QED) is 0.724. The van der Waals surface area contributed by atoms with E-state index in [2.05, 4.69) is 20.9 Å². The number of carbonyl (C=O) groups excluding carboxylic acids is 2. The largest absolute Gasteiger partial charge is 0.359 e. The second-order valence-corrected chi connectivity index (χ2v) is 3.72. The van der Waals surface area contributed by atoms with Gasteiger partial charge in [-0.05, 0) is 26.7 Å². The van der Waals surface area contributed by atoms with E-state index in [1.807, 2.05) is 27.7 Å². The minimum Gasteiger partial charge on any atom is -0.332 e. The Bertz CT molecular complexity index is 240. The van der Waals surface area contributed by atoms with Crippen LogP contribution in [-0.2, 0) is 0 Å². The maximum Gasteiger partial charge on any atom is 0.359 e. The van der Waals surface area contributed by atoms with E-state index in [-0.39, 0.29) is 12.1 Å². The average Bonchev–Trinajstić information content (AvgIpc) is 2.26. The SMILES string of the molecule is CCC(C)NC(=O)/N=N/C(=O)NC(C)CC. The van der Waals surface area contributed by atoms with Crippen LogP contribution in [0.15, 0.2) is 10.2 Å². The summed E-state index contributed by atoms with van der Waals surface area (Å²) in [5.41, 5.74) is 0. The van der Waals surface area contributed by atoms with Gasteiger partial charge in [0.2, 0.25) is 0 Å². The molecule has 2 unspecified atom stereocenters. The van der Waals surface area contributed by atoms with Crippen molar-refractivity contribution in [2.45, 2.75) is 52.6 Å². The average molecular weight is 228 g/mol. The van der Waals surface area contributed by atoms with Crippen molar-refractivity contribution in [2.24, 2.45) is 10.2 Å². The van der Waals surface area contributed by atoms with Crippen molar-refractivity contribution in [3.05, 3.63) is 0 Å². The van der Waals surface area contributed by atoms with E-state index in [0.29, 0.717) is 0 Å². The smallest absolute Gasteiger partial charge is 0.332 e. The molecule has 0 radical (unpaired) electrons. The fraction of sp³-hybridized carbons (Fsp3) is 0.800. The Morgan fingerprint density at radius 1 is 0.938 bits per heavy atom. The highest BCUT2D eigenvalue weighted by molar-refractivity contribution is 5.79. The molecular weight excluding hydrogens is 208 g/mol. The molecule has 0 aromatic carbocycles. The summed E-state index contributed by atoms with van der Waals surface area (Å²) < 4.78 is 0. The van der Waals surface area contributed by atoms with Crippen molar-refractivity contribution >= 4 is 12.1 Å². The van der Waals surface area contributed by atoms with Gasteiger partial charge in [-0.3, -0.25) is 0 Å². The number of azo groups is 1. The lowest BCUT2D eigenvalue weighted by Crippen LogP contribution is -2.31. The van der Waals surface area contributed by atoms with Crippen LogP contribution >= 0.6 is 0 Å².